The van der Waals surface area contributed by atoms with E-state index in [-0.39, 0.29) is 24.1 Å². The molecule has 0 bridgehead atoms. The molecule has 7 heteroatoms. The Kier molecular flexibility index (Phi) is 5.19. The van der Waals surface area contributed by atoms with Crippen molar-refractivity contribution >= 4 is 46.5 Å². The van der Waals surface area contributed by atoms with E-state index >= 15 is 0 Å². The lowest BCUT2D eigenvalue weighted by molar-refractivity contribution is -0.122. The van der Waals surface area contributed by atoms with E-state index < -0.39 is 5.92 Å². The Bertz CT molecular complexity index is 1230. The summed E-state index contributed by atoms with van der Waals surface area (Å²) < 4.78 is 0. The van der Waals surface area contributed by atoms with Gasteiger partial charge in [0.15, 0.2) is 0 Å². The van der Waals surface area contributed by atoms with Crippen molar-refractivity contribution in [3.05, 3.63) is 78.4 Å². The molecule has 0 unspecified atom stereocenters. The van der Waals surface area contributed by atoms with Gasteiger partial charge < -0.3 is 15.1 Å². The number of para-hydroxylation sites is 1. The van der Waals surface area contributed by atoms with Crippen molar-refractivity contribution in [1.29, 1.82) is 0 Å². The third-order valence-corrected chi connectivity index (χ3v) is 6.92. The van der Waals surface area contributed by atoms with Gasteiger partial charge in [-0.2, -0.15) is 0 Å². The molecule has 2 aliphatic heterocycles. The third kappa shape index (κ3) is 3.65. The Balaban J connectivity index is 1.35. The van der Waals surface area contributed by atoms with Gasteiger partial charge in [0.2, 0.25) is 11.8 Å². The summed E-state index contributed by atoms with van der Waals surface area (Å²) in [5, 5.41) is 2.96. The van der Waals surface area contributed by atoms with Crippen molar-refractivity contribution in [2.24, 2.45) is 5.92 Å². The van der Waals surface area contributed by atoms with Crippen LogP contribution < -0.4 is 15.1 Å². The Labute approximate surface area is 190 Å². The van der Waals surface area contributed by atoms with Crippen LogP contribution >= 0.6 is 11.8 Å². The molecule has 1 N–H and O–H groups in total. The lowest BCUT2D eigenvalue weighted by atomic mass is 10.1. The van der Waals surface area contributed by atoms with Crippen LogP contribution in [0.4, 0.5) is 17.1 Å². The normalized spacial score (nSPS) is 17.6. The quantitative estimate of drug-likeness (QED) is 0.651. The van der Waals surface area contributed by atoms with E-state index in [4.69, 9.17) is 0 Å². The molecular weight excluding hydrogens is 422 g/mol. The average molecular weight is 444 g/mol. The number of nitrogens with one attached hydrogen (secondary N) is 1. The summed E-state index contributed by atoms with van der Waals surface area (Å²) in [6.45, 7) is 0.360. The number of hydrogen-bond donors (Lipinski definition) is 1. The number of carbonyl (C=O) groups is 3. The van der Waals surface area contributed by atoms with Crippen LogP contribution in [-0.4, -0.2) is 31.3 Å². The molecular formula is C25H21N3O3S. The van der Waals surface area contributed by atoms with E-state index in [1.165, 1.54) is 11.8 Å². The Hall–Kier alpha value is -3.58. The standard InChI is InChI=1S/C25H21N3O3S/c1-27-20-12-11-17(14-22(20)32-21-10-6-5-9-19(21)25(27)31)26-24(30)16-13-23(29)28(15-16)18-7-3-2-4-8-18/h2-12,14,16H,13,15H2,1H3,(H,26,30)/t16-/m1/s1. The zero-order chi connectivity index (χ0) is 22.2. The first-order valence-electron chi connectivity index (χ1n) is 10.4. The van der Waals surface area contributed by atoms with Crippen LogP contribution in [-0.2, 0) is 9.59 Å². The fourth-order valence-electron chi connectivity index (χ4n) is 4.08. The van der Waals surface area contributed by atoms with E-state index in [0.29, 0.717) is 17.8 Å². The van der Waals surface area contributed by atoms with Gasteiger partial charge in [0.1, 0.15) is 0 Å². The summed E-state index contributed by atoms with van der Waals surface area (Å²) in [5.41, 5.74) is 2.90. The van der Waals surface area contributed by atoms with Gasteiger partial charge in [-0.15, -0.1) is 0 Å². The highest BCUT2D eigenvalue weighted by Crippen LogP contribution is 2.42. The number of benzene rings is 3. The monoisotopic (exact) mass is 443 g/mol. The Morgan fingerprint density at radius 1 is 0.969 bits per heavy atom. The molecule has 32 heavy (non-hydrogen) atoms. The van der Waals surface area contributed by atoms with Gasteiger partial charge in [-0.1, -0.05) is 42.1 Å². The van der Waals surface area contributed by atoms with E-state index in [1.54, 1.807) is 22.9 Å². The number of carbonyl (C=O) groups excluding carboxylic acids is 3. The highest BCUT2D eigenvalue weighted by molar-refractivity contribution is 7.99. The molecule has 2 aliphatic rings. The number of nitrogens with zero attached hydrogens (tertiary/aromatic N) is 2. The number of amides is 3. The number of anilines is 3. The molecule has 1 atom stereocenters. The van der Waals surface area contributed by atoms with Crippen LogP contribution in [0.3, 0.4) is 0 Å². The van der Waals surface area contributed by atoms with Crippen molar-refractivity contribution in [3.8, 4) is 0 Å². The second-order valence-electron chi connectivity index (χ2n) is 7.88. The third-order valence-electron chi connectivity index (χ3n) is 5.79. The summed E-state index contributed by atoms with van der Waals surface area (Å²) in [5.74, 6) is -0.709. The van der Waals surface area contributed by atoms with Crippen molar-refractivity contribution in [2.75, 3.05) is 28.7 Å². The van der Waals surface area contributed by atoms with E-state index in [2.05, 4.69) is 5.32 Å². The summed E-state index contributed by atoms with van der Waals surface area (Å²) in [6, 6.07) is 22.4. The molecule has 5 rings (SSSR count). The van der Waals surface area contributed by atoms with Gasteiger partial charge in [0.05, 0.1) is 17.2 Å². The smallest absolute Gasteiger partial charge is 0.259 e. The Morgan fingerprint density at radius 2 is 1.72 bits per heavy atom. The van der Waals surface area contributed by atoms with Gasteiger partial charge in [-0.25, -0.2) is 0 Å². The molecule has 1 fully saturated rings. The van der Waals surface area contributed by atoms with E-state index in [9.17, 15) is 14.4 Å². The van der Waals surface area contributed by atoms with Crippen molar-refractivity contribution < 1.29 is 14.4 Å². The molecule has 0 radical (unpaired) electrons. The van der Waals surface area contributed by atoms with Gasteiger partial charge in [0.25, 0.3) is 5.91 Å². The van der Waals surface area contributed by atoms with E-state index in [1.807, 2.05) is 66.7 Å². The van der Waals surface area contributed by atoms with Crippen LogP contribution in [0.1, 0.15) is 16.8 Å². The summed E-state index contributed by atoms with van der Waals surface area (Å²) in [6.07, 6.45) is 0.186. The van der Waals surface area contributed by atoms with Crippen LogP contribution in [0.15, 0.2) is 82.6 Å². The van der Waals surface area contributed by atoms with Gasteiger partial charge >= 0.3 is 0 Å². The fraction of sp³-hybridized carbons (Fsp3) is 0.160. The summed E-state index contributed by atoms with van der Waals surface area (Å²) >= 11 is 1.51. The minimum Gasteiger partial charge on any atom is -0.326 e. The first kappa shape index (κ1) is 20.3. The predicted molar refractivity (Wildman–Crippen MR) is 125 cm³/mol. The first-order valence-corrected chi connectivity index (χ1v) is 11.2. The highest BCUT2D eigenvalue weighted by Gasteiger charge is 2.35. The number of hydrogen-bond acceptors (Lipinski definition) is 4. The SMILES string of the molecule is CN1C(=O)c2ccccc2Sc2cc(NC(=O)[C@@H]3CC(=O)N(c4ccccc4)C3)ccc21. The zero-order valence-corrected chi connectivity index (χ0v) is 18.3. The summed E-state index contributed by atoms with van der Waals surface area (Å²) in [4.78, 5) is 43.3. The first-order chi connectivity index (χ1) is 15.5. The topological polar surface area (TPSA) is 69.7 Å². The van der Waals surface area contributed by atoms with Gasteiger partial charge in [0, 0.05) is 41.2 Å². The lowest BCUT2D eigenvalue weighted by Gasteiger charge is -2.19. The largest absolute Gasteiger partial charge is 0.326 e. The molecule has 6 nitrogen and oxygen atoms in total. The fourth-order valence-corrected chi connectivity index (χ4v) is 5.22. The molecule has 0 aliphatic carbocycles. The number of fused-ring (bicyclic) bond motifs is 2. The van der Waals surface area contributed by atoms with Crippen molar-refractivity contribution in [2.45, 2.75) is 16.2 Å². The average Bonchev–Trinajstić information content (AvgIpc) is 3.17. The maximum Gasteiger partial charge on any atom is 0.259 e. The second kappa shape index (κ2) is 8.16. The van der Waals surface area contributed by atoms with Gasteiger partial charge in [-0.3, -0.25) is 14.4 Å². The molecule has 160 valence electrons. The molecule has 3 aromatic carbocycles. The molecule has 1 saturated heterocycles. The second-order valence-corrected chi connectivity index (χ2v) is 8.96. The van der Waals surface area contributed by atoms with Crippen molar-refractivity contribution in [3.63, 3.8) is 0 Å². The van der Waals surface area contributed by atoms with Crippen LogP contribution in [0.25, 0.3) is 0 Å². The predicted octanol–water partition coefficient (Wildman–Crippen LogP) is 4.42. The van der Waals surface area contributed by atoms with Crippen LogP contribution in [0.2, 0.25) is 0 Å². The van der Waals surface area contributed by atoms with Crippen molar-refractivity contribution in [1.82, 2.24) is 0 Å². The minimum absolute atomic E-state index is 0.0504. The minimum atomic E-state index is -0.417. The molecule has 2 heterocycles. The maximum absolute atomic E-state index is 12.9. The lowest BCUT2D eigenvalue weighted by Crippen LogP contribution is -2.28. The molecule has 3 aromatic rings. The van der Waals surface area contributed by atoms with E-state index in [0.717, 1.165) is 21.2 Å². The molecule has 0 aromatic heterocycles. The number of rotatable bonds is 3. The zero-order valence-electron chi connectivity index (χ0n) is 17.4. The van der Waals surface area contributed by atoms with Crippen LogP contribution in [0, 0.1) is 5.92 Å². The maximum atomic E-state index is 12.9. The van der Waals surface area contributed by atoms with Crippen LogP contribution in [0.5, 0.6) is 0 Å². The summed E-state index contributed by atoms with van der Waals surface area (Å²) in [7, 11) is 1.75. The molecule has 0 saturated carbocycles. The highest BCUT2D eigenvalue weighted by atomic mass is 32.2. The molecule has 3 amide bonds. The molecule has 0 spiro atoms. The van der Waals surface area contributed by atoms with Gasteiger partial charge in [-0.05, 0) is 42.5 Å². The Morgan fingerprint density at radius 3 is 2.53 bits per heavy atom.